The molecule has 0 saturated heterocycles. The van der Waals surface area contributed by atoms with Gasteiger partial charge in [-0.25, -0.2) is 0 Å². The van der Waals surface area contributed by atoms with Crippen LogP contribution in [0.25, 0.3) is 0 Å². The molecule has 0 heterocycles. The maximum absolute atomic E-state index is 9.76. The molecule has 0 aliphatic heterocycles. The van der Waals surface area contributed by atoms with Crippen LogP contribution in [0.15, 0.2) is 0 Å². The third-order valence-corrected chi connectivity index (χ3v) is 4.54. The predicted octanol–water partition coefficient (Wildman–Crippen LogP) is 3.01. The molecular weight excluding hydrogens is 238 g/mol. The summed E-state index contributed by atoms with van der Waals surface area (Å²) in [6.45, 7) is 3.40. The first-order chi connectivity index (χ1) is 9.28. The van der Waals surface area contributed by atoms with Crippen molar-refractivity contribution in [1.82, 2.24) is 5.32 Å². The molecule has 2 aliphatic carbocycles. The minimum Gasteiger partial charge on any atom is -0.394 e. The molecule has 2 N–H and O–H groups in total. The average Bonchev–Trinajstić information content (AvgIpc) is 3.23. The maximum Gasteiger partial charge on any atom is 0.0614 e. The van der Waals surface area contributed by atoms with Crippen LogP contribution in [0.1, 0.15) is 71.1 Å². The van der Waals surface area contributed by atoms with E-state index in [1.807, 2.05) is 0 Å². The summed E-state index contributed by atoms with van der Waals surface area (Å²) in [6.07, 6.45) is 12.4. The summed E-state index contributed by atoms with van der Waals surface area (Å²) in [4.78, 5) is 0. The smallest absolute Gasteiger partial charge is 0.0614 e. The second kappa shape index (κ2) is 7.61. The Morgan fingerprint density at radius 2 is 2.05 bits per heavy atom. The Balaban J connectivity index is 1.69. The molecule has 0 amide bonds. The minimum absolute atomic E-state index is 0.0481. The molecule has 2 rings (SSSR count). The molecule has 2 fully saturated rings. The van der Waals surface area contributed by atoms with E-state index in [4.69, 9.17) is 4.74 Å². The number of rotatable bonds is 9. The SMILES string of the molecule is CCCCCCOC1CCCC(CO)(NC2CC2)C1. The van der Waals surface area contributed by atoms with E-state index >= 15 is 0 Å². The third kappa shape index (κ3) is 5.05. The zero-order valence-electron chi connectivity index (χ0n) is 12.5. The van der Waals surface area contributed by atoms with Gasteiger partial charge in [0.2, 0.25) is 0 Å². The Morgan fingerprint density at radius 1 is 1.21 bits per heavy atom. The molecule has 2 aliphatic rings. The molecule has 0 radical (unpaired) electrons. The van der Waals surface area contributed by atoms with Gasteiger partial charge in [0.05, 0.1) is 12.7 Å². The summed E-state index contributed by atoms with van der Waals surface area (Å²) in [5, 5.41) is 13.4. The highest BCUT2D eigenvalue weighted by molar-refractivity contribution is 4.99. The molecule has 0 aromatic carbocycles. The second-order valence-electron chi connectivity index (χ2n) is 6.51. The van der Waals surface area contributed by atoms with E-state index in [-0.39, 0.29) is 12.1 Å². The van der Waals surface area contributed by atoms with Gasteiger partial charge in [-0.05, 0) is 44.9 Å². The van der Waals surface area contributed by atoms with Crippen molar-refractivity contribution in [3.8, 4) is 0 Å². The zero-order valence-corrected chi connectivity index (χ0v) is 12.5. The van der Waals surface area contributed by atoms with Crippen LogP contribution in [0.4, 0.5) is 0 Å². The minimum atomic E-state index is -0.0481. The van der Waals surface area contributed by atoms with Crippen LogP contribution in [-0.2, 0) is 4.74 Å². The van der Waals surface area contributed by atoms with E-state index in [2.05, 4.69) is 12.2 Å². The van der Waals surface area contributed by atoms with Gasteiger partial charge in [-0.1, -0.05) is 26.2 Å². The van der Waals surface area contributed by atoms with Crippen LogP contribution in [0.2, 0.25) is 0 Å². The van der Waals surface area contributed by atoms with Gasteiger partial charge in [-0.15, -0.1) is 0 Å². The number of aliphatic hydroxyl groups is 1. The van der Waals surface area contributed by atoms with Gasteiger partial charge in [-0.3, -0.25) is 0 Å². The van der Waals surface area contributed by atoms with Gasteiger partial charge in [0, 0.05) is 18.2 Å². The quantitative estimate of drug-likeness (QED) is 0.632. The van der Waals surface area contributed by atoms with Crippen molar-refractivity contribution < 1.29 is 9.84 Å². The fourth-order valence-electron chi connectivity index (χ4n) is 3.21. The summed E-state index contributed by atoms with van der Waals surface area (Å²) in [5.41, 5.74) is -0.0481. The molecule has 112 valence electrons. The maximum atomic E-state index is 9.76. The fourth-order valence-corrected chi connectivity index (χ4v) is 3.21. The first kappa shape index (κ1) is 15.3. The summed E-state index contributed by atoms with van der Waals surface area (Å²) < 4.78 is 6.04. The normalized spacial score (nSPS) is 31.6. The van der Waals surface area contributed by atoms with Crippen LogP contribution in [0, 0.1) is 0 Å². The Labute approximate surface area is 118 Å². The number of aliphatic hydroxyl groups excluding tert-OH is 1. The van der Waals surface area contributed by atoms with Crippen LogP contribution in [0.3, 0.4) is 0 Å². The van der Waals surface area contributed by atoms with Crippen molar-refractivity contribution in [3.63, 3.8) is 0 Å². The average molecular weight is 269 g/mol. The first-order valence-electron chi connectivity index (χ1n) is 8.28. The van der Waals surface area contributed by atoms with Gasteiger partial charge in [0.15, 0.2) is 0 Å². The van der Waals surface area contributed by atoms with Crippen LogP contribution >= 0.6 is 0 Å². The number of ether oxygens (including phenoxy) is 1. The van der Waals surface area contributed by atoms with E-state index in [1.165, 1.54) is 51.4 Å². The highest BCUT2D eigenvalue weighted by Gasteiger charge is 2.40. The second-order valence-corrected chi connectivity index (χ2v) is 6.51. The largest absolute Gasteiger partial charge is 0.394 e. The van der Waals surface area contributed by atoms with Crippen LogP contribution in [0.5, 0.6) is 0 Å². The van der Waals surface area contributed by atoms with E-state index in [0.29, 0.717) is 12.1 Å². The lowest BCUT2D eigenvalue weighted by molar-refractivity contribution is -0.0175. The van der Waals surface area contributed by atoms with Crippen molar-refractivity contribution in [3.05, 3.63) is 0 Å². The zero-order chi connectivity index (χ0) is 13.6. The lowest BCUT2D eigenvalue weighted by atomic mass is 9.80. The van der Waals surface area contributed by atoms with Gasteiger partial charge in [0.25, 0.3) is 0 Å². The summed E-state index contributed by atoms with van der Waals surface area (Å²) in [6, 6.07) is 0.662. The topological polar surface area (TPSA) is 41.5 Å². The Bertz CT molecular complexity index is 255. The van der Waals surface area contributed by atoms with E-state index in [0.717, 1.165) is 19.4 Å². The molecular formula is C16H31NO2. The molecule has 3 nitrogen and oxygen atoms in total. The molecule has 19 heavy (non-hydrogen) atoms. The molecule has 2 unspecified atom stereocenters. The Kier molecular flexibility index (Phi) is 6.11. The van der Waals surface area contributed by atoms with Gasteiger partial charge >= 0.3 is 0 Å². The van der Waals surface area contributed by atoms with Crippen molar-refractivity contribution in [2.24, 2.45) is 0 Å². The monoisotopic (exact) mass is 269 g/mol. The number of hydrogen-bond donors (Lipinski definition) is 2. The molecule has 0 bridgehead atoms. The highest BCUT2D eigenvalue weighted by atomic mass is 16.5. The van der Waals surface area contributed by atoms with Crippen LogP contribution in [-0.4, -0.2) is 36.0 Å². The number of unbranched alkanes of at least 4 members (excludes halogenated alkanes) is 3. The van der Waals surface area contributed by atoms with Crippen molar-refractivity contribution in [1.29, 1.82) is 0 Å². The Morgan fingerprint density at radius 3 is 2.74 bits per heavy atom. The molecule has 0 spiro atoms. The summed E-state index contributed by atoms with van der Waals surface area (Å²) in [5.74, 6) is 0. The van der Waals surface area contributed by atoms with Gasteiger partial charge in [-0.2, -0.15) is 0 Å². The summed E-state index contributed by atoms with van der Waals surface area (Å²) >= 11 is 0. The fraction of sp³-hybridized carbons (Fsp3) is 1.00. The predicted molar refractivity (Wildman–Crippen MR) is 78.3 cm³/mol. The summed E-state index contributed by atoms with van der Waals surface area (Å²) in [7, 11) is 0. The molecule has 2 saturated carbocycles. The molecule has 2 atom stereocenters. The molecule has 0 aromatic rings. The highest BCUT2D eigenvalue weighted by Crippen LogP contribution is 2.33. The van der Waals surface area contributed by atoms with E-state index < -0.39 is 0 Å². The number of nitrogens with one attached hydrogen (secondary N) is 1. The number of hydrogen-bond acceptors (Lipinski definition) is 3. The lowest BCUT2D eigenvalue weighted by Crippen LogP contribution is -2.54. The van der Waals surface area contributed by atoms with Crippen molar-refractivity contribution in [2.45, 2.75) is 88.8 Å². The third-order valence-electron chi connectivity index (χ3n) is 4.54. The van der Waals surface area contributed by atoms with Gasteiger partial charge in [0.1, 0.15) is 0 Å². The standard InChI is InChI=1S/C16H31NO2/c1-2-3-4-5-11-19-15-7-6-10-16(12-15,13-18)17-14-8-9-14/h14-15,17-18H,2-13H2,1H3. The lowest BCUT2D eigenvalue weighted by Gasteiger charge is -2.40. The van der Waals surface area contributed by atoms with Crippen LogP contribution < -0.4 is 5.32 Å². The van der Waals surface area contributed by atoms with Crippen molar-refractivity contribution >= 4 is 0 Å². The molecule has 3 heteroatoms. The molecule has 0 aromatic heterocycles. The first-order valence-corrected chi connectivity index (χ1v) is 8.28. The van der Waals surface area contributed by atoms with E-state index in [1.54, 1.807) is 0 Å². The van der Waals surface area contributed by atoms with E-state index in [9.17, 15) is 5.11 Å². The van der Waals surface area contributed by atoms with Gasteiger partial charge < -0.3 is 15.2 Å². The Hall–Kier alpha value is -0.120. The van der Waals surface area contributed by atoms with Crippen molar-refractivity contribution in [2.75, 3.05) is 13.2 Å².